The smallest absolute Gasteiger partial charge is 0.234 e. The first kappa shape index (κ1) is 16.3. The summed E-state index contributed by atoms with van der Waals surface area (Å²) in [6.07, 6.45) is 10.7. The van der Waals surface area contributed by atoms with Gasteiger partial charge in [-0.25, -0.2) is 0 Å². The Morgan fingerprint density at radius 2 is 1.73 bits per heavy atom. The summed E-state index contributed by atoms with van der Waals surface area (Å²) < 4.78 is 0. The van der Waals surface area contributed by atoms with Gasteiger partial charge in [0.25, 0.3) is 0 Å². The topological polar surface area (TPSA) is 32.3 Å². The molecular weight excluding hydrogens is 272 g/mol. The lowest BCUT2D eigenvalue weighted by molar-refractivity contribution is -0.123. The molecule has 1 amide bonds. The van der Waals surface area contributed by atoms with Crippen LogP contribution in [0.1, 0.15) is 65.2 Å². The number of fused-ring (bicyclic) bond motifs is 2. The SMILES string of the molecule is CC1CC2CC(C1)CC(C)(CNC(=O)CN1CCCCC1)C2. The minimum Gasteiger partial charge on any atom is -0.354 e. The first-order valence-electron chi connectivity index (χ1n) is 9.51. The summed E-state index contributed by atoms with van der Waals surface area (Å²) >= 11 is 0. The Balaban J connectivity index is 1.45. The van der Waals surface area contributed by atoms with E-state index in [0.717, 1.165) is 37.4 Å². The maximum absolute atomic E-state index is 12.2. The second-order valence-electron chi connectivity index (χ2n) is 8.88. The Morgan fingerprint density at radius 1 is 1.09 bits per heavy atom. The standard InChI is InChI=1S/C19H34N2O/c1-15-8-16-10-17(9-15)12-19(2,11-16)14-20-18(22)13-21-6-4-3-5-7-21/h15-17H,3-14H2,1-2H3,(H,20,22). The van der Waals surface area contributed by atoms with Gasteiger partial charge < -0.3 is 5.32 Å². The molecule has 2 atom stereocenters. The van der Waals surface area contributed by atoms with Gasteiger partial charge in [0.2, 0.25) is 5.91 Å². The van der Waals surface area contributed by atoms with Gasteiger partial charge in [0.05, 0.1) is 6.54 Å². The van der Waals surface area contributed by atoms with Crippen LogP contribution in [-0.4, -0.2) is 37.0 Å². The molecule has 126 valence electrons. The van der Waals surface area contributed by atoms with Crippen LogP contribution in [0.2, 0.25) is 0 Å². The van der Waals surface area contributed by atoms with Crippen molar-refractivity contribution in [3.05, 3.63) is 0 Å². The van der Waals surface area contributed by atoms with Gasteiger partial charge in [-0.3, -0.25) is 9.69 Å². The number of carbonyl (C=O) groups excluding carboxylic acids is 1. The van der Waals surface area contributed by atoms with Crippen LogP contribution >= 0.6 is 0 Å². The molecular formula is C19H34N2O. The number of rotatable bonds is 4. The van der Waals surface area contributed by atoms with Crippen molar-refractivity contribution in [3.63, 3.8) is 0 Å². The van der Waals surface area contributed by atoms with E-state index in [2.05, 4.69) is 24.1 Å². The van der Waals surface area contributed by atoms with Crippen LogP contribution in [0.25, 0.3) is 0 Å². The van der Waals surface area contributed by atoms with E-state index in [4.69, 9.17) is 0 Å². The highest BCUT2D eigenvalue weighted by molar-refractivity contribution is 5.78. The van der Waals surface area contributed by atoms with Gasteiger partial charge in [-0.1, -0.05) is 20.3 Å². The monoisotopic (exact) mass is 306 g/mol. The van der Waals surface area contributed by atoms with Gasteiger partial charge in [0.1, 0.15) is 0 Å². The Morgan fingerprint density at radius 3 is 2.36 bits per heavy atom. The van der Waals surface area contributed by atoms with Gasteiger partial charge in [0, 0.05) is 6.54 Å². The Labute approximate surface area is 136 Å². The molecule has 0 spiro atoms. The molecule has 2 saturated carbocycles. The average molecular weight is 306 g/mol. The molecule has 2 aliphatic carbocycles. The second kappa shape index (κ2) is 6.90. The molecule has 3 aliphatic rings. The molecule has 22 heavy (non-hydrogen) atoms. The van der Waals surface area contributed by atoms with Crippen molar-refractivity contribution in [1.82, 2.24) is 10.2 Å². The summed E-state index contributed by atoms with van der Waals surface area (Å²) in [5.41, 5.74) is 0.339. The summed E-state index contributed by atoms with van der Waals surface area (Å²) in [6, 6.07) is 0. The molecule has 0 aromatic carbocycles. The molecule has 3 fully saturated rings. The molecule has 2 unspecified atom stereocenters. The second-order valence-corrected chi connectivity index (χ2v) is 8.88. The van der Waals surface area contributed by atoms with E-state index in [-0.39, 0.29) is 5.91 Å². The quantitative estimate of drug-likeness (QED) is 0.863. The summed E-state index contributed by atoms with van der Waals surface area (Å²) in [4.78, 5) is 14.6. The fraction of sp³-hybridized carbons (Fsp3) is 0.947. The first-order valence-corrected chi connectivity index (χ1v) is 9.51. The van der Waals surface area contributed by atoms with Crippen LogP contribution in [0, 0.1) is 23.2 Å². The molecule has 3 nitrogen and oxygen atoms in total. The van der Waals surface area contributed by atoms with E-state index in [1.807, 2.05) is 0 Å². The molecule has 1 aliphatic heterocycles. The Kier molecular flexibility index (Phi) is 5.11. The van der Waals surface area contributed by atoms with Crippen LogP contribution in [0.15, 0.2) is 0 Å². The maximum Gasteiger partial charge on any atom is 0.234 e. The highest BCUT2D eigenvalue weighted by Crippen LogP contribution is 2.49. The van der Waals surface area contributed by atoms with Crippen molar-refractivity contribution >= 4 is 5.91 Å². The summed E-state index contributed by atoms with van der Waals surface area (Å²) in [6.45, 7) is 8.53. The highest BCUT2D eigenvalue weighted by atomic mass is 16.2. The number of carbonyl (C=O) groups is 1. The molecule has 0 aromatic heterocycles. The van der Waals surface area contributed by atoms with Crippen molar-refractivity contribution in [3.8, 4) is 0 Å². The molecule has 1 N–H and O–H groups in total. The molecule has 3 heteroatoms. The van der Waals surface area contributed by atoms with Crippen molar-refractivity contribution in [1.29, 1.82) is 0 Å². The predicted molar refractivity (Wildman–Crippen MR) is 90.6 cm³/mol. The van der Waals surface area contributed by atoms with Crippen molar-refractivity contribution in [2.45, 2.75) is 65.2 Å². The third-order valence-electron chi connectivity index (χ3n) is 6.23. The number of likely N-dealkylation sites (tertiary alicyclic amines) is 1. The van der Waals surface area contributed by atoms with Crippen LogP contribution in [0.3, 0.4) is 0 Å². The van der Waals surface area contributed by atoms with Crippen LogP contribution in [0.5, 0.6) is 0 Å². The van der Waals surface area contributed by atoms with Crippen molar-refractivity contribution < 1.29 is 4.79 Å². The number of nitrogens with one attached hydrogen (secondary N) is 1. The van der Waals surface area contributed by atoms with Gasteiger partial charge >= 0.3 is 0 Å². The predicted octanol–water partition coefficient (Wildman–Crippen LogP) is 3.44. The van der Waals surface area contributed by atoms with Crippen LogP contribution in [0.4, 0.5) is 0 Å². The third kappa shape index (κ3) is 4.24. The zero-order valence-corrected chi connectivity index (χ0v) is 14.6. The van der Waals surface area contributed by atoms with Gasteiger partial charge in [-0.2, -0.15) is 0 Å². The molecule has 0 radical (unpaired) electrons. The average Bonchev–Trinajstić information content (AvgIpc) is 2.45. The van der Waals surface area contributed by atoms with Crippen LogP contribution in [-0.2, 0) is 4.79 Å². The summed E-state index contributed by atoms with van der Waals surface area (Å²) in [5.74, 6) is 2.98. The molecule has 1 saturated heterocycles. The number of nitrogens with zero attached hydrogens (tertiary/aromatic N) is 1. The van der Waals surface area contributed by atoms with Crippen LogP contribution < -0.4 is 5.32 Å². The minimum atomic E-state index is 0.243. The first-order chi connectivity index (χ1) is 10.5. The lowest BCUT2D eigenvalue weighted by Crippen LogP contribution is -2.46. The highest BCUT2D eigenvalue weighted by Gasteiger charge is 2.40. The fourth-order valence-corrected chi connectivity index (χ4v) is 5.54. The normalized spacial score (nSPS) is 39.5. The number of hydrogen-bond acceptors (Lipinski definition) is 2. The third-order valence-corrected chi connectivity index (χ3v) is 6.23. The van der Waals surface area contributed by atoms with E-state index >= 15 is 0 Å². The van der Waals surface area contributed by atoms with Gasteiger partial charge in [-0.15, -0.1) is 0 Å². The molecule has 3 rings (SSSR count). The molecule has 1 heterocycles. The number of amides is 1. The van der Waals surface area contributed by atoms with E-state index in [0.29, 0.717) is 12.0 Å². The largest absolute Gasteiger partial charge is 0.354 e. The Bertz CT molecular complexity index is 371. The minimum absolute atomic E-state index is 0.243. The zero-order valence-electron chi connectivity index (χ0n) is 14.6. The van der Waals surface area contributed by atoms with E-state index < -0.39 is 0 Å². The number of piperidine rings is 1. The summed E-state index contributed by atoms with van der Waals surface area (Å²) in [7, 11) is 0. The summed E-state index contributed by atoms with van der Waals surface area (Å²) in [5, 5.41) is 3.26. The molecule has 2 bridgehead atoms. The molecule has 0 aromatic rings. The van der Waals surface area contributed by atoms with E-state index in [1.165, 1.54) is 51.4 Å². The van der Waals surface area contributed by atoms with Crippen molar-refractivity contribution in [2.75, 3.05) is 26.2 Å². The fourth-order valence-electron chi connectivity index (χ4n) is 5.54. The lowest BCUT2D eigenvalue weighted by atomic mass is 9.59. The van der Waals surface area contributed by atoms with E-state index in [1.54, 1.807) is 0 Å². The van der Waals surface area contributed by atoms with Crippen molar-refractivity contribution in [2.24, 2.45) is 23.2 Å². The van der Waals surface area contributed by atoms with E-state index in [9.17, 15) is 4.79 Å². The Hall–Kier alpha value is -0.570. The number of hydrogen-bond donors (Lipinski definition) is 1. The van der Waals surface area contributed by atoms with Gasteiger partial charge in [-0.05, 0) is 81.2 Å². The maximum atomic E-state index is 12.2. The zero-order chi connectivity index (χ0) is 15.6. The lowest BCUT2D eigenvalue weighted by Gasteiger charge is -2.47. The van der Waals surface area contributed by atoms with Gasteiger partial charge in [0.15, 0.2) is 0 Å².